The molecule has 2 rings (SSSR count). The molecular weight excluding hydrogens is 316 g/mol. The summed E-state index contributed by atoms with van der Waals surface area (Å²) in [6.45, 7) is 2.97. The zero-order valence-corrected chi connectivity index (χ0v) is 12.6. The second-order valence-corrected chi connectivity index (χ2v) is 7.38. The molecule has 1 aliphatic carbocycles. The second-order valence-electron chi connectivity index (χ2n) is 4.79. The summed E-state index contributed by atoms with van der Waals surface area (Å²) in [6.07, 6.45) is 1.10. The lowest BCUT2D eigenvalue weighted by molar-refractivity contribution is 0.574. The number of hydrogen-bond donors (Lipinski definition) is 2. The lowest BCUT2D eigenvalue weighted by Gasteiger charge is -2.09. The molecule has 2 unspecified atom stereocenters. The molecule has 1 saturated carbocycles. The molecule has 4 nitrogen and oxygen atoms in total. The van der Waals surface area contributed by atoms with E-state index in [2.05, 4.69) is 27.6 Å². The van der Waals surface area contributed by atoms with Gasteiger partial charge in [-0.25, -0.2) is 13.1 Å². The Bertz CT molecular complexity index is 545. The van der Waals surface area contributed by atoms with Gasteiger partial charge in [-0.3, -0.25) is 0 Å². The number of sulfonamides is 1. The molecule has 0 aliphatic heterocycles. The standard InChI is InChI=1S/C12H17BrN2O2S/c1-8-4-10(8)7-15-18(16,17)12-5-9(6-14)2-3-11(12)13/h2-3,5,8,10,15H,4,6-7,14H2,1H3. The third-order valence-electron chi connectivity index (χ3n) is 3.33. The molecule has 18 heavy (non-hydrogen) atoms. The van der Waals surface area contributed by atoms with Gasteiger partial charge in [0.25, 0.3) is 0 Å². The van der Waals surface area contributed by atoms with E-state index in [-0.39, 0.29) is 4.90 Å². The fraction of sp³-hybridized carbons (Fsp3) is 0.500. The predicted molar refractivity (Wildman–Crippen MR) is 74.5 cm³/mol. The van der Waals surface area contributed by atoms with E-state index in [9.17, 15) is 8.42 Å². The van der Waals surface area contributed by atoms with Crippen molar-refractivity contribution in [2.45, 2.75) is 24.8 Å². The van der Waals surface area contributed by atoms with Crippen molar-refractivity contribution in [3.63, 3.8) is 0 Å². The van der Waals surface area contributed by atoms with Gasteiger partial charge in [-0.1, -0.05) is 13.0 Å². The maximum atomic E-state index is 12.2. The Morgan fingerprint density at radius 1 is 1.50 bits per heavy atom. The molecule has 0 heterocycles. The summed E-state index contributed by atoms with van der Waals surface area (Å²) in [7, 11) is -3.45. The fourth-order valence-corrected chi connectivity index (χ4v) is 3.96. The maximum Gasteiger partial charge on any atom is 0.241 e. The first kappa shape index (κ1) is 14.0. The zero-order valence-electron chi connectivity index (χ0n) is 10.2. The van der Waals surface area contributed by atoms with E-state index in [1.807, 2.05) is 6.07 Å². The van der Waals surface area contributed by atoms with E-state index < -0.39 is 10.0 Å². The molecule has 100 valence electrons. The van der Waals surface area contributed by atoms with Crippen LogP contribution in [0, 0.1) is 11.8 Å². The van der Waals surface area contributed by atoms with Crippen molar-refractivity contribution in [2.75, 3.05) is 6.54 Å². The Morgan fingerprint density at radius 3 is 2.72 bits per heavy atom. The van der Waals surface area contributed by atoms with Crippen LogP contribution in [0.5, 0.6) is 0 Å². The van der Waals surface area contributed by atoms with Crippen LogP contribution in [0.3, 0.4) is 0 Å². The van der Waals surface area contributed by atoms with Crippen LogP contribution in [0.2, 0.25) is 0 Å². The van der Waals surface area contributed by atoms with Crippen LogP contribution in [0.15, 0.2) is 27.6 Å². The third-order valence-corrected chi connectivity index (χ3v) is 5.75. The van der Waals surface area contributed by atoms with Crippen LogP contribution in [-0.2, 0) is 16.6 Å². The number of rotatable bonds is 5. The van der Waals surface area contributed by atoms with Gasteiger partial charge in [0.1, 0.15) is 0 Å². The minimum Gasteiger partial charge on any atom is -0.326 e. The first-order valence-electron chi connectivity index (χ1n) is 5.92. The average Bonchev–Trinajstić information content (AvgIpc) is 3.03. The Balaban J connectivity index is 2.17. The van der Waals surface area contributed by atoms with E-state index in [0.717, 1.165) is 12.0 Å². The zero-order chi connectivity index (χ0) is 13.3. The van der Waals surface area contributed by atoms with Crippen molar-refractivity contribution in [1.29, 1.82) is 0 Å². The van der Waals surface area contributed by atoms with Gasteiger partial charge in [-0.05, 0) is 51.9 Å². The molecule has 2 atom stereocenters. The highest BCUT2D eigenvalue weighted by Gasteiger charge is 2.33. The number of nitrogens with one attached hydrogen (secondary N) is 1. The van der Waals surface area contributed by atoms with Crippen molar-refractivity contribution < 1.29 is 8.42 Å². The average molecular weight is 333 g/mol. The van der Waals surface area contributed by atoms with Gasteiger partial charge in [0.05, 0.1) is 4.90 Å². The molecule has 0 radical (unpaired) electrons. The summed E-state index contributed by atoms with van der Waals surface area (Å²) in [5.41, 5.74) is 6.34. The molecule has 6 heteroatoms. The van der Waals surface area contributed by atoms with Crippen molar-refractivity contribution in [3.05, 3.63) is 28.2 Å². The highest BCUT2D eigenvalue weighted by molar-refractivity contribution is 9.10. The summed E-state index contributed by atoms with van der Waals surface area (Å²) < 4.78 is 27.6. The number of nitrogens with two attached hydrogens (primary N) is 1. The van der Waals surface area contributed by atoms with E-state index in [1.54, 1.807) is 12.1 Å². The lowest BCUT2D eigenvalue weighted by Crippen LogP contribution is -2.26. The normalized spacial score (nSPS) is 23.1. The summed E-state index contributed by atoms with van der Waals surface area (Å²) in [6, 6.07) is 5.14. The van der Waals surface area contributed by atoms with Crippen LogP contribution in [0.25, 0.3) is 0 Å². The first-order valence-corrected chi connectivity index (χ1v) is 8.20. The Morgan fingerprint density at radius 2 is 2.17 bits per heavy atom. The van der Waals surface area contributed by atoms with E-state index >= 15 is 0 Å². The third kappa shape index (κ3) is 3.12. The van der Waals surface area contributed by atoms with Crippen molar-refractivity contribution in [3.8, 4) is 0 Å². The highest BCUT2D eigenvalue weighted by Crippen LogP contribution is 2.37. The van der Waals surface area contributed by atoms with E-state index in [4.69, 9.17) is 5.73 Å². The monoisotopic (exact) mass is 332 g/mol. The predicted octanol–water partition coefficient (Wildman–Crippen LogP) is 1.84. The molecule has 1 aromatic carbocycles. The van der Waals surface area contributed by atoms with Gasteiger partial charge in [0.15, 0.2) is 0 Å². The van der Waals surface area contributed by atoms with Gasteiger partial charge in [-0.2, -0.15) is 0 Å². The molecule has 0 spiro atoms. The molecule has 1 fully saturated rings. The molecule has 0 amide bonds. The van der Waals surface area contributed by atoms with Crippen LogP contribution < -0.4 is 10.5 Å². The fourth-order valence-electron chi connectivity index (χ4n) is 1.86. The lowest BCUT2D eigenvalue weighted by atomic mass is 10.2. The number of halogens is 1. The van der Waals surface area contributed by atoms with Crippen molar-refractivity contribution in [2.24, 2.45) is 17.6 Å². The Hall–Kier alpha value is -0.430. The van der Waals surface area contributed by atoms with Crippen molar-refractivity contribution >= 4 is 26.0 Å². The molecular formula is C12H17BrN2O2S. The summed E-state index contributed by atoms with van der Waals surface area (Å²) in [5.74, 6) is 1.11. The van der Waals surface area contributed by atoms with Gasteiger partial charge in [-0.15, -0.1) is 0 Å². The van der Waals surface area contributed by atoms with Crippen LogP contribution in [0.4, 0.5) is 0 Å². The number of benzene rings is 1. The topological polar surface area (TPSA) is 72.2 Å². The first-order chi connectivity index (χ1) is 8.44. The minimum absolute atomic E-state index is 0.263. The van der Waals surface area contributed by atoms with E-state index in [1.165, 1.54) is 0 Å². The molecule has 0 bridgehead atoms. The van der Waals surface area contributed by atoms with Gasteiger partial charge < -0.3 is 5.73 Å². The SMILES string of the molecule is CC1CC1CNS(=O)(=O)c1cc(CN)ccc1Br. The maximum absolute atomic E-state index is 12.2. The number of hydrogen-bond acceptors (Lipinski definition) is 3. The van der Waals surface area contributed by atoms with Gasteiger partial charge >= 0.3 is 0 Å². The van der Waals surface area contributed by atoms with E-state index in [0.29, 0.717) is 29.4 Å². The Kier molecular flexibility index (Phi) is 4.11. The van der Waals surface area contributed by atoms with Crippen molar-refractivity contribution in [1.82, 2.24) is 4.72 Å². The second kappa shape index (κ2) is 5.28. The molecule has 0 aromatic heterocycles. The van der Waals surface area contributed by atoms with Crippen LogP contribution >= 0.6 is 15.9 Å². The van der Waals surface area contributed by atoms with Crippen LogP contribution in [-0.4, -0.2) is 15.0 Å². The van der Waals surface area contributed by atoms with Gasteiger partial charge in [0, 0.05) is 17.6 Å². The highest BCUT2D eigenvalue weighted by atomic mass is 79.9. The summed E-state index contributed by atoms with van der Waals surface area (Å²) in [4.78, 5) is 0.263. The minimum atomic E-state index is -3.45. The van der Waals surface area contributed by atoms with Gasteiger partial charge in [0.2, 0.25) is 10.0 Å². The largest absolute Gasteiger partial charge is 0.326 e. The quantitative estimate of drug-likeness (QED) is 0.864. The molecule has 1 aromatic rings. The smallest absolute Gasteiger partial charge is 0.241 e. The molecule has 3 N–H and O–H groups in total. The molecule has 0 saturated heterocycles. The molecule has 1 aliphatic rings. The summed E-state index contributed by atoms with van der Waals surface area (Å²) >= 11 is 3.27. The Labute approximate surface area is 116 Å². The van der Waals surface area contributed by atoms with Crippen LogP contribution in [0.1, 0.15) is 18.9 Å². The summed E-state index contributed by atoms with van der Waals surface area (Å²) in [5, 5.41) is 0.